The molecule has 1 saturated carbocycles. The fourth-order valence-corrected chi connectivity index (χ4v) is 4.05. The zero-order chi connectivity index (χ0) is 14.1. The number of benzene rings is 1. The van der Waals surface area contributed by atoms with Gasteiger partial charge in [-0.15, -0.1) is 0 Å². The van der Waals surface area contributed by atoms with E-state index in [2.05, 4.69) is 45.2 Å². The third-order valence-corrected chi connectivity index (χ3v) is 5.34. The maximum Gasteiger partial charge on any atom is 0.0464 e. The van der Waals surface area contributed by atoms with Gasteiger partial charge in [0.05, 0.1) is 0 Å². The van der Waals surface area contributed by atoms with E-state index in [0.29, 0.717) is 12.1 Å². The molecule has 3 rings (SSSR count). The van der Waals surface area contributed by atoms with Gasteiger partial charge in [-0.05, 0) is 56.8 Å². The largest absolute Gasteiger partial charge is 0.313 e. The Kier molecular flexibility index (Phi) is 4.71. The summed E-state index contributed by atoms with van der Waals surface area (Å²) in [5.41, 5.74) is 1.25. The summed E-state index contributed by atoms with van der Waals surface area (Å²) in [7, 11) is 0. The first-order chi connectivity index (χ1) is 9.65. The summed E-state index contributed by atoms with van der Waals surface area (Å²) in [4.78, 5) is 2.65. The molecule has 2 unspecified atom stereocenters. The number of hydrogen-bond acceptors (Lipinski definition) is 2. The molecule has 4 heteroatoms. The van der Waals surface area contributed by atoms with E-state index >= 15 is 0 Å². The van der Waals surface area contributed by atoms with Crippen LogP contribution >= 0.6 is 27.5 Å². The average molecular weight is 358 g/mol. The Hall–Kier alpha value is -0.0900. The molecule has 2 aliphatic rings. The molecule has 0 bridgehead atoms. The van der Waals surface area contributed by atoms with Crippen LogP contribution in [0.5, 0.6) is 0 Å². The van der Waals surface area contributed by atoms with Gasteiger partial charge in [-0.2, -0.15) is 0 Å². The summed E-state index contributed by atoms with van der Waals surface area (Å²) in [5.74, 6) is 0. The average Bonchev–Trinajstić information content (AvgIpc) is 3.12. The van der Waals surface area contributed by atoms with Gasteiger partial charge in [0.15, 0.2) is 0 Å². The number of nitrogens with zero attached hydrogens (tertiary/aromatic N) is 1. The van der Waals surface area contributed by atoms with Crippen molar-refractivity contribution in [3.63, 3.8) is 0 Å². The Morgan fingerprint density at radius 3 is 2.80 bits per heavy atom. The van der Waals surface area contributed by atoms with E-state index < -0.39 is 0 Å². The van der Waals surface area contributed by atoms with Gasteiger partial charge in [-0.3, -0.25) is 4.90 Å². The lowest BCUT2D eigenvalue weighted by Gasteiger charge is -2.32. The molecule has 1 aromatic rings. The maximum atomic E-state index is 6.44. The van der Waals surface area contributed by atoms with Crippen molar-refractivity contribution in [2.24, 2.45) is 0 Å². The minimum atomic E-state index is 0.394. The van der Waals surface area contributed by atoms with Gasteiger partial charge in [0.25, 0.3) is 0 Å². The van der Waals surface area contributed by atoms with Crippen LogP contribution in [-0.2, 0) is 0 Å². The number of hydrogen-bond donors (Lipinski definition) is 1. The van der Waals surface area contributed by atoms with Crippen LogP contribution in [0.3, 0.4) is 0 Å². The molecule has 2 nitrogen and oxygen atoms in total. The van der Waals surface area contributed by atoms with Crippen molar-refractivity contribution >= 4 is 27.5 Å². The predicted molar refractivity (Wildman–Crippen MR) is 88.3 cm³/mol. The quantitative estimate of drug-likeness (QED) is 0.841. The van der Waals surface area contributed by atoms with E-state index in [-0.39, 0.29) is 0 Å². The zero-order valence-corrected chi connectivity index (χ0v) is 14.3. The third-order valence-electron chi connectivity index (χ3n) is 4.52. The Morgan fingerprint density at radius 1 is 1.40 bits per heavy atom. The second kappa shape index (κ2) is 6.35. The lowest BCUT2D eigenvalue weighted by Crippen LogP contribution is -2.40. The highest BCUT2D eigenvalue weighted by Gasteiger charge is 2.35. The molecule has 0 amide bonds. The van der Waals surface area contributed by atoms with Crippen LogP contribution in [0, 0.1) is 0 Å². The minimum Gasteiger partial charge on any atom is -0.313 e. The smallest absolute Gasteiger partial charge is 0.0464 e. The maximum absolute atomic E-state index is 6.44. The van der Waals surface area contributed by atoms with Crippen molar-refractivity contribution in [3.05, 3.63) is 33.3 Å². The normalized spacial score (nSPS) is 24.3. The van der Waals surface area contributed by atoms with E-state index in [9.17, 15) is 0 Å². The second-order valence-electron chi connectivity index (χ2n) is 6.06. The molecule has 0 aromatic heterocycles. The molecule has 0 radical (unpaired) electrons. The number of nitrogens with one attached hydrogen (secondary N) is 1. The molecule has 0 spiro atoms. The molecule has 1 aliphatic heterocycles. The summed E-state index contributed by atoms with van der Waals surface area (Å²) < 4.78 is 1.05. The van der Waals surface area contributed by atoms with Crippen LogP contribution in [0.4, 0.5) is 0 Å². The molecule has 1 aromatic carbocycles. The molecule has 110 valence electrons. The Labute approximate surface area is 135 Å². The highest BCUT2D eigenvalue weighted by Crippen LogP contribution is 2.37. The molecule has 20 heavy (non-hydrogen) atoms. The van der Waals surface area contributed by atoms with Crippen molar-refractivity contribution in [1.82, 2.24) is 10.2 Å². The molecular formula is C16H22BrClN2. The van der Waals surface area contributed by atoms with E-state index in [4.69, 9.17) is 11.6 Å². The fraction of sp³-hybridized carbons (Fsp3) is 0.625. The molecule has 1 saturated heterocycles. The first kappa shape index (κ1) is 14.8. The third kappa shape index (κ3) is 3.38. The van der Waals surface area contributed by atoms with Crippen molar-refractivity contribution in [3.8, 4) is 0 Å². The summed E-state index contributed by atoms with van der Waals surface area (Å²) in [5, 5.41) is 4.49. The highest BCUT2D eigenvalue weighted by molar-refractivity contribution is 9.10. The van der Waals surface area contributed by atoms with Gasteiger partial charge in [-0.1, -0.05) is 33.6 Å². The molecular weight excluding hydrogens is 336 g/mol. The summed E-state index contributed by atoms with van der Waals surface area (Å²) in [6, 6.07) is 8.07. The van der Waals surface area contributed by atoms with E-state index in [1.807, 2.05) is 6.07 Å². The lowest BCUT2D eigenvalue weighted by atomic mass is 10.1. The van der Waals surface area contributed by atoms with Crippen molar-refractivity contribution in [2.75, 3.05) is 13.1 Å². The van der Waals surface area contributed by atoms with Gasteiger partial charge in [-0.25, -0.2) is 0 Å². The minimum absolute atomic E-state index is 0.394. The summed E-state index contributed by atoms with van der Waals surface area (Å²) in [6.07, 6.45) is 5.30. The van der Waals surface area contributed by atoms with E-state index in [0.717, 1.165) is 22.1 Å². The molecule has 2 fully saturated rings. The van der Waals surface area contributed by atoms with Crippen LogP contribution in [0.25, 0.3) is 0 Å². The van der Waals surface area contributed by atoms with Crippen LogP contribution in [-0.4, -0.2) is 30.1 Å². The van der Waals surface area contributed by atoms with Crippen molar-refractivity contribution in [1.29, 1.82) is 0 Å². The fourth-order valence-electron chi connectivity index (χ4n) is 3.22. The summed E-state index contributed by atoms with van der Waals surface area (Å²) in [6.45, 7) is 4.62. The Balaban J connectivity index is 1.75. The molecule has 1 heterocycles. The standard InChI is InChI=1S/C16H22BrClN2/c1-11(15-7-4-12(17)9-16(15)18)20(14-5-6-14)10-13-3-2-8-19-13/h4,7,9,11,13-14,19H,2-3,5-6,8,10H2,1H3. The number of rotatable bonds is 5. The van der Waals surface area contributed by atoms with Crippen LogP contribution < -0.4 is 5.32 Å². The van der Waals surface area contributed by atoms with Crippen molar-refractivity contribution in [2.45, 2.75) is 50.7 Å². The van der Waals surface area contributed by atoms with Gasteiger partial charge in [0.1, 0.15) is 0 Å². The Bertz CT molecular complexity index is 470. The van der Waals surface area contributed by atoms with Gasteiger partial charge < -0.3 is 5.32 Å². The van der Waals surface area contributed by atoms with Crippen LogP contribution in [0.15, 0.2) is 22.7 Å². The van der Waals surface area contributed by atoms with Crippen LogP contribution in [0.1, 0.15) is 44.2 Å². The second-order valence-corrected chi connectivity index (χ2v) is 7.39. The number of halogens is 2. The van der Waals surface area contributed by atoms with Gasteiger partial charge >= 0.3 is 0 Å². The first-order valence-electron chi connectivity index (χ1n) is 7.59. The summed E-state index contributed by atoms with van der Waals surface area (Å²) >= 11 is 9.92. The predicted octanol–water partition coefficient (Wildman–Crippen LogP) is 4.38. The Morgan fingerprint density at radius 2 is 2.20 bits per heavy atom. The van der Waals surface area contributed by atoms with E-state index in [1.165, 1.54) is 37.8 Å². The first-order valence-corrected chi connectivity index (χ1v) is 8.76. The van der Waals surface area contributed by atoms with E-state index in [1.54, 1.807) is 0 Å². The molecule has 2 atom stereocenters. The van der Waals surface area contributed by atoms with Crippen molar-refractivity contribution < 1.29 is 0 Å². The van der Waals surface area contributed by atoms with Gasteiger partial charge in [0.2, 0.25) is 0 Å². The zero-order valence-electron chi connectivity index (χ0n) is 11.9. The SMILES string of the molecule is CC(c1ccc(Br)cc1Cl)N(CC1CCCN1)C1CC1. The van der Waals surface area contributed by atoms with Gasteiger partial charge in [0, 0.05) is 34.2 Å². The highest BCUT2D eigenvalue weighted by atomic mass is 79.9. The topological polar surface area (TPSA) is 15.3 Å². The molecule has 1 N–H and O–H groups in total. The van der Waals surface area contributed by atoms with Crippen LogP contribution in [0.2, 0.25) is 5.02 Å². The molecule has 1 aliphatic carbocycles. The monoisotopic (exact) mass is 356 g/mol. The lowest BCUT2D eigenvalue weighted by molar-refractivity contribution is 0.182.